The van der Waals surface area contributed by atoms with Crippen LogP contribution in [0.4, 0.5) is 4.39 Å². The van der Waals surface area contributed by atoms with E-state index in [0.717, 1.165) is 18.2 Å². The van der Waals surface area contributed by atoms with E-state index >= 15 is 0 Å². The van der Waals surface area contributed by atoms with Crippen LogP contribution in [0.1, 0.15) is 20.7 Å². The first kappa shape index (κ1) is 18.6. The Hall–Kier alpha value is -2.78. The minimum absolute atomic E-state index is 0.0377. The van der Waals surface area contributed by atoms with Gasteiger partial charge in [0.1, 0.15) is 17.1 Å². The van der Waals surface area contributed by atoms with E-state index in [-0.39, 0.29) is 21.8 Å². The second-order valence-electron chi connectivity index (χ2n) is 4.89. The minimum atomic E-state index is -4.04. The van der Waals surface area contributed by atoms with E-state index in [2.05, 4.69) is 0 Å². The van der Waals surface area contributed by atoms with Gasteiger partial charge >= 0.3 is 5.97 Å². The van der Waals surface area contributed by atoms with Crippen molar-refractivity contribution in [1.82, 2.24) is 0 Å². The van der Waals surface area contributed by atoms with Crippen LogP contribution >= 0.6 is 0 Å². The Balaban J connectivity index is 2.20. The van der Waals surface area contributed by atoms with Crippen molar-refractivity contribution in [2.45, 2.75) is 4.90 Å². The van der Waals surface area contributed by atoms with Gasteiger partial charge in [-0.3, -0.25) is 4.79 Å². The summed E-state index contributed by atoms with van der Waals surface area (Å²) in [6.07, 6.45) is 0. The molecule has 132 valence electrons. The molecule has 0 heterocycles. The molecule has 2 aromatic rings. The molecule has 0 spiro atoms. The number of rotatable bonds is 6. The van der Waals surface area contributed by atoms with Crippen molar-refractivity contribution in [3.8, 4) is 5.75 Å². The summed E-state index contributed by atoms with van der Waals surface area (Å²) in [5.41, 5.74) is -0.448. The van der Waals surface area contributed by atoms with Crippen molar-refractivity contribution in [2.24, 2.45) is 5.14 Å². The Morgan fingerprint density at radius 2 is 1.80 bits per heavy atom. The Morgan fingerprint density at radius 3 is 2.40 bits per heavy atom. The van der Waals surface area contributed by atoms with Crippen LogP contribution in [0.2, 0.25) is 0 Å². The predicted octanol–water partition coefficient (Wildman–Crippen LogP) is 1.52. The third kappa shape index (κ3) is 4.40. The number of carbonyl (C=O) groups excluding carboxylic acids is 2. The Bertz CT molecular complexity index is 926. The van der Waals surface area contributed by atoms with E-state index in [4.69, 9.17) is 14.6 Å². The van der Waals surface area contributed by atoms with Gasteiger partial charge < -0.3 is 9.47 Å². The van der Waals surface area contributed by atoms with Gasteiger partial charge in [-0.1, -0.05) is 12.1 Å². The first-order valence-corrected chi connectivity index (χ1v) is 8.44. The fourth-order valence-electron chi connectivity index (χ4n) is 2.00. The van der Waals surface area contributed by atoms with Gasteiger partial charge in [0.05, 0.1) is 17.6 Å². The monoisotopic (exact) mass is 367 g/mol. The summed E-state index contributed by atoms with van der Waals surface area (Å²) < 4.78 is 46.1. The van der Waals surface area contributed by atoms with E-state index < -0.39 is 34.2 Å². The molecule has 0 radical (unpaired) electrons. The number of halogens is 1. The average Bonchev–Trinajstić information content (AvgIpc) is 2.58. The fourth-order valence-corrected chi connectivity index (χ4v) is 2.54. The number of esters is 1. The van der Waals surface area contributed by atoms with E-state index in [1.165, 1.54) is 31.4 Å². The second kappa shape index (κ2) is 7.41. The van der Waals surface area contributed by atoms with Gasteiger partial charge in [0.25, 0.3) is 0 Å². The van der Waals surface area contributed by atoms with E-state index in [1.807, 2.05) is 0 Å². The SMILES string of the molecule is COc1ccc(S(N)(=O)=O)cc1C(=O)OCC(=O)c1ccccc1F. The first-order chi connectivity index (χ1) is 11.7. The zero-order valence-corrected chi connectivity index (χ0v) is 13.9. The minimum Gasteiger partial charge on any atom is -0.496 e. The van der Waals surface area contributed by atoms with Crippen LogP contribution in [0.15, 0.2) is 47.4 Å². The molecule has 2 N–H and O–H groups in total. The van der Waals surface area contributed by atoms with Crippen LogP contribution in [0.25, 0.3) is 0 Å². The summed E-state index contributed by atoms with van der Waals surface area (Å²) in [7, 11) is -2.77. The van der Waals surface area contributed by atoms with Gasteiger partial charge in [0.15, 0.2) is 6.61 Å². The molecule has 9 heteroatoms. The number of nitrogens with two attached hydrogens (primary N) is 1. The summed E-state index contributed by atoms with van der Waals surface area (Å²) in [5.74, 6) is -2.45. The number of ketones is 1. The van der Waals surface area contributed by atoms with Crippen molar-refractivity contribution in [1.29, 1.82) is 0 Å². The molecule has 0 saturated heterocycles. The maximum Gasteiger partial charge on any atom is 0.342 e. The Morgan fingerprint density at radius 1 is 1.12 bits per heavy atom. The van der Waals surface area contributed by atoms with Gasteiger partial charge in [-0.15, -0.1) is 0 Å². The highest BCUT2D eigenvalue weighted by Gasteiger charge is 2.20. The van der Waals surface area contributed by atoms with Crippen LogP contribution < -0.4 is 9.88 Å². The molecule has 0 unspecified atom stereocenters. The van der Waals surface area contributed by atoms with Crippen molar-refractivity contribution < 1.29 is 31.9 Å². The number of sulfonamides is 1. The van der Waals surface area contributed by atoms with Crippen molar-refractivity contribution >= 4 is 21.8 Å². The van der Waals surface area contributed by atoms with E-state index in [9.17, 15) is 22.4 Å². The Labute approximate surface area is 143 Å². The molecule has 0 aromatic heterocycles. The number of hydrogen-bond acceptors (Lipinski definition) is 6. The van der Waals surface area contributed by atoms with Gasteiger partial charge in [-0.05, 0) is 30.3 Å². The first-order valence-electron chi connectivity index (χ1n) is 6.89. The number of ether oxygens (including phenoxy) is 2. The molecule has 2 aromatic carbocycles. The lowest BCUT2D eigenvalue weighted by atomic mass is 10.1. The molecule has 7 nitrogen and oxygen atoms in total. The molecule has 0 bridgehead atoms. The van der Waals surface area contributed by atoms with Crippen molar-refractivity contribution in [3.63, 3.8) is 0 Å². The molecule has 0 aliphatic rings. The lowest BCUT2D eigenvalue weighted by Crippen LogP contribution is -2.17. The van der Waals surface area contributed by atoms with Crippen molar-refractivity contribution in [2.75, 3.05) is 13.7 Å². The lowest BCUT2D eigenvalue weighted by molar-refractivity contribution is 0.0470. The van der Waals surface area contributed by atoms with E-state index in [0.29, 0.717) is 0 Å². The van der Waals surface area contributed by atoms with E-state index in [1.54, 1.807) is 0 Å². The van der Waals surface area contributed by atoms with Gasteiger partial charge in [-0.2, -0.15) is 0 Å². The van der Waals surface area contributed by atoms with Gasteiger partial charge in [-0.25, -0.2) is 22.7 Å². The zero-order valence-electron chi connectivity index (χ0n) is 13.1. The molecule has 0 atom stereocenters. The number of hydrogen-bond donors (Lipinski definition) is 1. The maximum absolute atomic E-state index is 13.5. The lowest BCUT2D eigenvalue weighted by Gasteiger charge is -2.10. The van der Waals surface area contributed by atoms with Crippen LogP contribution in [-0.4, -0.2) is 33.9 Å². The maximum atomic E-state index is 13.5. The second-order valence-corrected chi connectivity index (χ2v) is 6.45. The zero-order chi connectivity index (χ0) is 18.6. The number of carbonyl (C=O) groups is 2. The summed E-state index contributed by atoms with van der Waals surface area (Å²) in [5, 5.41) is 5.02. The summed E-state index contributed by atoms with van der Waals surface area (Å²) >= 11 is 0. The molecule has 0 amide bonds. The molecule has 0 saturated carbocycles. The number of primary sulfonamides is 1. The third-order valence-corrected chi connectivity index (χ3v) is 4.14. The number of methoxy groups -OCH3 is 1. The molecular weight excluding hydrogens is 353 g/mol. The van der Waals surface area contributed by atoms with Gasteiger partial charge in [0.2, 0.25) is 15.8 Å². The van der Waals surface area contributed by atoms with Crippen LogP contribution in [0.5, 0.6) is 5.75 Å². The molecule has 0 aliphatic carbocycles. The summed E-state index contributed by atoms with van der Waals surface area (Å²) in [6, 6.07) is 8.62. The largest absolute Gasteiger partial charge is 0.496 e. The van der Waals surface area contributed by atoms with Crippen LogP contribution in [0.3, 0.4) is 0 Å². The van der Waals surface area contributed by atoms with Crippen molar-refractivity contribution in [3.05, 3.63) is 59.4 Å². The highest BCUT2D eigenvalue weighted by molar-refractivity contribution is 7.89. The molecule has 2 rings (SSSR count). The number of benzene rings is 2. The highest BCUT2D eigenvalue weighted by Crippen LogP contribution is 2.23. The van der Waals surface area contributed by atoms with Crippen LogP contribution in [0, 0.1) is 5.82 Å². The smallest absolute Gasteiger partial charge is 0.342 e. The summed E-state index contributed by atoms with van der Waals surface area (Å²) in [4.78, 5) is 23.7. The quantitative estimate of drug-likeness (QED) is 0.612. The Kier molecular flexibility index (Phi) is 5.50. The highest BCUT2D eigenvalue weighted by atomic mass is 32.2. The number of Topliss-reactive ketones (excluding diaryl/α,β-unsaturated/α-hetero) is 1. The average molecular weight is 367 g/mol. The molecular formula is C16H14FNO6S. The molecule has 0 aliphatic heterocycles. The topological polar surface area (TPSA) is 113 Å². The summed E-state index contributed by atoms with van der Waals surface area (Å²) in [6.45, 7) is -0.720. The third-order valence-electron chi connectivity index (χ3n) is 3.23. The fraction of sp³-hybridized carbons (Fsp3) is 0.125. The van der Waals surface area contributed by atoms with Crippen LogP contribution in [-0.2, 0) is 14.8 Å². The normalized spacial score (nSPS) is 11.0. The molecule has 0 fully saturated rings. The predicted molar refractivity (Wildman–Crippen MR) is 85.4 cm³/mol. The standard InChI is InChI=1S/C16H14FNO6S/c1-23-15-7-6-10(25(18,21)22)8-12(15)16(20)24-9-14(19)11-4-2-3-5-13(11)17/h2-8H,9H2,1H3,(H2,18,21,22). The van der Waals surface area contributed by atoms with Gasteiger partial charge in [0, 0.05) is 0 Å². The molecule has 25 heavy (non-hydrogen) atoms.